The molecule has 0 aliphatic carbocycles. The van der Waals surface area contributed by atoms with Crippen LogP contribution in [0.15, 0.2) is 5.10 Å². The summed E-state index contributed by atoms with van der Waals surface area (Å²) in [6, 6.07) is 0. The van der Waals surface area contributed by atoms with Crippen LogP contribution >= 0.6 is 0 Å². The lowest BCUT2D eigenvalue weighted by molar-refractivity contribution is -0.128. The number of carbonyl (C=O) groups is 1. The maximum Gasteiger partial charge on any atom is 0.244 e. The van der Waals surface area contributed by atoms with Gasteiger partial charge < -0.3 is 5.73 Å². The van der Waals surface area contributed by atoms with Crippen LogP contribution in [0.25, 0.3) is 0 Å². The Kier molecular flexibility index (Phi) is 2.08. The number of rotatable bonds is 2. The third kappa shape index (κ3) is 1.42. The van der Waals surface area contributed by atoms with Crippen molar-refractivity contribution >= 4 is 12.1 Å². The Morgan fingerprint density at radius 2 is 2.33 bits per heavy atom. The highest BCUT2D eigenvalue weighted by molar-refractivity contribution is 5.84. The first-order valence-electron chi connectivity index (χ1n) is 4.06. The molecular weight excluding hydrogens is 154 g/mol. The van der Waals surface area contributed by atoms with E-state index in [2.05, 4.69) is 12.0 Å². The molecule has 4 nitrogen and oxygen atoms in total. The number of hydrogen-bond acceptors (Lipinski definition) is 3. The van der Waals surface area contributed by atoms with Crippen molar-refractivity contribution in [1.82, 2.24) is 5.01 Å². The normalized spacial score (nSPS) is 23.2. The van der Waals surface area contributed by atoms with Gasteiger partial charge in [0.1, 0.15) is 5.54 Å². The average Bonchev–Trinajstić information content (AvgIpc) is 2.35. The molecule has 1 rings (SSSR count). The molecule has 0 aromatic carbocycles. The predicted molar refractivity (Wildman–Crippen MR) is 47.6 cm³/mol. The number of primary amides is 1. The lowest BCUT2D eigenvalue weighted by Crippen LogP contribution is -2.50. The molecule has 1 aliphatic rings. The molecule has 4 heteroatoms. The molecule has 0 aromatic heterocycles. The van der Waals surface area contributed by atoms with E-state index in [4.69, 9.17) is 5.73 Å². The van der Waals surface area contributed by atoms with E-state index in [0.717, 1.165) is 6.54 Å². The standard InChI is InChI=1S/C8H15N3O/c1-6-4-10-11(5-6)8(2,3)7(9)12/h4,6H,5H2,1-3H3,(H2,9,12)/t6-/m1/s1. The molecule has 1 heterocycles. The predicted octanol–water partition coefficient (Wildman–Crippen LogP) is 0.188. The van der Waals surface area contributed by atoms with E-state index in [0.29, 0.717) is 5.92 Å². The fourth-order valence-electron chi connectivity index (χ4n) is 1.06. The van der Waals surface area contributed by atoms with Crippen LogP contribution in [0.4, 0.5) is 0 Å². The van der Waals surface area contributed by atoms with Crippen molar-refractivity contribution in [1.29, 1.82) is 0 Å². The minimum atomic E-state index is -0.665. The number of nitrogens with two attached hydrogens (primary N) is 1. The Hall–Kier alpha value is -1.06. The van der Waals surface area contributed by atoms with Crippen LogP contribution in [0.3, 0.4) is 0 Å². The fourth-order valence-corrected chi connectivity index (χ4v) is 1.06. The number of carbonyl (C=O) groups excluding carboxylic acids is 1. The Bertz CT molecular complexity index is 222. The first-order chi connectivity index (χ1) is 5.44. The van der Waals surface area contributed by atoms with E-state index in [9.17, 15) is 4.79 Å². The van der Waals surface area contributed by atoms with E-state index in [-0.39, 0.29) is 5.91 Å². The Morgan fingerprint density at radius 3 is 2.67 bits per heavy atom. The number of amides is 1. The Balaban J connectivity index is 2.71. The Morgan fingerprint density at radius 1 is 1.75 bits per heavy atom. The van der Waals surface area contributed by atoms with Gasteiger partial charge in [-0.2, -0.15) is 5.10 Å². The van der Waals surface area contributed by atoms with Gasteiger partial charge in [0.2, 0.25) is 5.91 Å². The second-order valence-electron chi connectivity index (χ2n) is 3.75. The van der Waals surface area contributed by atoms with Crippen molar-refractivity contribution in [2.75, 3.05) is 6.54 Å². The molecule has 1 aliphatic heterocycles. The molecule has 0 unspecified atom stereocenters. The summed E-state index contributed by atoms with van der Waals surface area (Å²) < 4.78 is 0. The van der Waals surface area contributed by atoms with Crippen LogP contribution in [0, 0.1) is 5.92 Å². The van der Waals surface area contributed by atoms with Gasteiger partial charge in [0.15, 0.2) is 0 Å². The van der Waals surface area contributed by atoms with Gasteiger partial charge in [0.25, 0.3) is 0 Å². The van der Waals surface area contributed by atoms with E-state index in [1.54, 1.807) is 18.9 Å². The van der Waals surface area contributed by atoms with Crippen LogP contribution in [0.1, 0.15) is 20.8 Å². The van der Waals surface area contributed by atoms with Gasteiger partial charge in [-0.15, -0.1) is 0 Å². The van der Waals surface area contributed by atoms with Gasteiger partial charge in [-0.05, 0) is 13.8 Å². The van der Waals surface area contributed by atoms with Crippen LogP contribution in [0.2, 0.25) is 0 Å². The first kappa shape index (κ1) is 9.03. The van der Waals surface area contributed by atoms with Crippen molar-refractivity contribution in [3.05, 3.63) is 0 Å². The molecule has 68 valence electrons. The summed E-state index contributed by atoms with van der Waals surface area (Å²) in [5, 5.41) is 5.85. The van der Waals surface area contributed by atoms with Crippen molar-refractivity contribution in [2.24, 2.45) is 16.8 Å². The highest BCUT2D eigenvalue weighted by atomic mass is 16.1. The van der Waals surface area contributed by atoms with Gasteiger partial charge >= 0.3 is 0 Å². The van der Waals surface area contributed by atoms with Gasteiger partial charge in [-0.1, -0.05) is 6.92 Å². The van der Waals surface area contributed by atoms with E-state index < -0.39 is 5.54 Å². The van der Waals surface area contributed by atoms with Crippen molar-refractivity contribution in [3.8, 4) is 0 Å². The zero-order valence-electron chi connectivity index (χ0n) is 7.74. The highest BCUT2D eigenvalue weighted by Gasteiger charge is 2.34. The summed E-state index contributed by atoms with van der Waals surface area (Å²) in [4.78, 5) is 11.0. The molecule has 0 saturated heterocycles. The summed E-state index contributed by atoms with van der Waals surface area (Å²) >= 11 is 0. The van der Waals surface area contributed by atoms with E-state index >= 15 is 0 Å². The summed E-state index contributed by atoms with van der Waals surface area (Å²) in [5.41, 5.74) is 4.58. The first-order valence-corrected chi connectivity index (χ1v) is 4.06. The molecule has 0 spiro atoms. The zero-order chi connectivity index (χ0) is 9.35. The second kappa shape index (κ2) is 2.77. The minimum Gasteiger partial charge on any atom is -0.368 e. The third-order valence-electron chi connectivity index (χ3n) is 2.17. The summed E-state index contributed by atoms with van der Waals surface area (Å²) in [6.07, 6.45) is 1.84. The van der Waals surface area contributed by atoms with Gasteiger partial charge in [-0.25, -0.2) is 0 Å². The summed E-state index contributed by atoms with van der Waals surface area (Å²) in [7, 11) is 0. The largest absolute Gasteiger partial charge is 0.368 e. The van der Waals surface area contributed by atoms with E-state index in [1.807, 2.05) is 6.21 Å². The summed E-state index contributed by atoms with van der Waals surface area (Å²) in [6.45, 7) is 6.39. The molecule has 12 heavy (non-hydrogen) atoms. The quantitative estimate of drug-likeness (QED) is 0.641. The molecule has 0 aromatic rings. The average molecular weight is 169 g/mol. The monoisotopic (exact) mass is 169 g/mol. The molecule has 2 N–H and O–H groups in total. The van der Waals surface area contributed by atoms with E-state index in [1.165, 1.54) is 0 Å². The SMILES string of the molecule is C[C@@H]1C=NN(C(C)(C)C(N)=O)C1. The molecule has 0 bridgehead atoms. The smallest absolute Gasteiger partial charge is 0.244 e. The highest BCUT2D eigenvalue weighted by Crippen LogP contribution is 2.19. The van der Waals surface area contributed by atoms with Gasteiger partial charge in [0.05, 0.1) is 0 Å². The molecule has 0 radical (unpaired) electrons. The van der Waals surface area contributed by atoms with Crippen LogP contribution in [-0.4, -0.2) is 29.2 Å². The number of hydrazone groups is 1. The third-order valence-corrected chi connectivity index (χ3v) is 2.17. The van der Waals surface area contributed by atoms with Crippen LogP contribution in [-0.2, 0) is 4.79 Å². The molecule has 1 atom stereocenters. The van der Waals surface area contributed by atoms with Crippen molar-refractivity contribution < 1.29 is 4.79 Å². The summed E-state index contributed by atoms with van der Waals surface area (Å²) in [5.74, 6) is 0.0670. The van der Waals surface area contributed by atoms with Gasteiger partial charge in [0, 0.05) is 18.7 Å². The number of hydrogen-bond donors (Lipinski definition) is 1. The van der Waals surface area contributed by atoms with Crippen molar-refractivity contribution in [2.45, 2.75) is 26.3 Å². The lowest BCUT2D eigenvalue weighted by Gasteiger charge is -2.31. The van der Waals surface area contributed by atoms with Crippen LogP contribution in [0.5, 0.6) is 0 Å². The fraction of sp³-hybridized carbons (Fsp3) is 0.750. The molecule has 1 amide bonds. The van der Waals surface area contributed by atoms with Gasteiger partial charge in [-0.3, -0.25) is 9.80 Å². The minimum absolute atomic E-state index is 0.339. The Labute approximate surface area is 72.4 Å². The zero-order valence-corrected chi connectivity index (χ0v) is 7.74. The van der Waals surface area contributed by atoms with Crippen molar-refractivity contribution in [3.63, 3.8) is 0 Å². The number of nitrogens with zero attached hydrogens (tertiary/aromatic N) is 2. The molecular formula is C8H15N3O. The maximum atomic E-state index is 11.0. The maximum absolute atomic E-state index is 11.0. The topological polar surface area (TPSA) is 58.7 Å². The second-order valence-corrected chi connectivity index (χ2v) is 3.75. The lowest BCUT2D eigenvalue weighted by atomic mass is 10.0. The molecule has 0 fully saturated rings. The van der Waals surface area contributed by atoms with Crippen LogP contribution < -0.4 is 5.73 Å². The molecule has 0 saturated carbocycles.